The lowest BCUT2D eigenvalue weighted by Crippen LogP contribution is -2.50. The molecule has 202 valence electrons. The summed E-state index contributed by atoms with van der Waals surface area (Å²) in [6.07, 6.45) is 7.28. The van der Waals surface area contributed by atoms with Gasteiger partial charge in [0.05, 0.1) is 16.0 Å². The molecule has 0 radical (unpaired) electrons. The molecule has 2 aromatic heterocycles. The number of carbonyl (C=O) groups is 1. The highest BCUT2D eigenvalue weighted by Gasteiger charge is 2.26. The normalized spacial score (nSPS) is 18.8. The molecule has 0 unspecified atom stereocenters. The van der Waals surface area contributed by atoms with Gasteiger partial charge in [-0.1, -0.05) is 11.8 Å². The number of benzene rings is 1. The van der Waals surface area contributed by atoms with Crippen molar-refractivity contribution in [1.82, 2.24) is 24.8 Å². The van der Waals surface area contributed by atoms with Crippen molar-refractivity contribution >= 4 is 62.8 Å². The van der Waals surface area contributed by atoms with Gasteiger partial charge in [-0.3, -0.25) is 4.79 Å². The van der Waals surface area contributed by atoms with Gasteiger partial charge in [-0.2, -0.15) is 15.0 Å². The topological polar surface area (TPSA) is 108 Å². The number of piperidine rings is 2. The number of rotatable bonds is 6. The molecule has 10 nitrogen and oxygen atoms in total. The molecule has 12 heteroatoms. The van der Waals surface area contributed by atoms with Crippen LogP contribution >= 0.6 is 23.1 Å². The lowest BCUT2D eigenvalue weighted by atomic mass is 10.1. The fourth-order valence-corrected chi connectivity index (χ4v) is 7.33. The molecule has 38 heavy (non-hydrogen) atoms. The van der Waals surface area contributed by atoms with Crippen molar-refractivity contribution in [3.8, 4) is 0 Å². The first-order valence-corrected chi connectivity index (χ1v) is 15.5. The molecule has 0 spiro atoms. The lowest BCUT2D eigenvalue weighted by molar-refractivity contribution is -0.128. The van der Waals surface area contributed by atoms with Crippen molar-refractivity contribution in [3.63, 3.8) is 0 Å². The first kappa shape index (κ1) is 25.4. The minimum Gasteiger partial charge on any atom is -0.399 e. The molecule has 5 heterocycles. The van der Waals surface area contributed by atoms with Gasteiger partial charge in [0.25, 0.3) is 0 Å². The van der Waals surface area contributed by atoms with E-state index in [0.717, 1.165) is 77.4 Å². The monoisotopic (exact) mass is 553 g/mol. The lowest BCUT2D eigenvalue weighted by Gasteiger charge is -2.36. The van der Waals surface area contributed by atoms with Crippen LogP contribution < -0.4 is 20.4 Å². The molecule has 2 N–H and O–H groups in total. The van der Waals surface area contributed by atoms with Crippen molar-refractivity contribution in [3.05, 3.63) is 18.2 Å². The summed E-state index contributed by atoms with van der Waals surface area (Å²) < 4.78 is 1.96. The van der Waals surface area contributed by atoms with Crippen LogP contribution in [0.5, 0.6) is 0 Å². The van der Waals surface area contributed by atoms with Gasteiger partial charge in [0.2, 0.25) is 23.8 Å². The first-order valence-electron chi connectivity index (χ1n) is 13.7. The van der Waals surface area contributed by atoms with Crippen molar-refractivity contribution in [2.75, 3.05) is 78.5 Å². The van der Waals surface area contributed by atoms with Crippen LogP contribution in [0.25, 0.3) is 10.2 Å². The third-order valence-corrected chi connectivity index (χ3v) is 9.65. The maximum Gasteiger partial charge on any atom is 0.233 e. The Labute approximate surface area is 231 Å². The van der Waals surface area contributed by atoms with Crippen LogP contribution in [0, 0.1) is 0 Å². The molecule has 3 saturated heterocycles. The number of thioether (sulfide) groups is 1. The second-order valence-corrected chi connectivity index (χ2v) is 12.4. The minimum atomic E-state index is 0.145. The fourth-order valence-electron chi connectivity index (χ4n) is 5.31. The van der Waals surface area contributed by atoms with E-state index in [1.165, 1.54) is 50.3 Å². The van der Waals surface area contributed by atoms with Gasteiger partial charge in [-0.15, -0.1) is 11.3 Å². The summed E-state index contributed by atoms with van der Waals surface area (Å²) in [7, 11) is 0. The molecular formula is C26H35N9OS2. The van der Waals surface area contributed by atoms with Crippen LogP contribution in [0.15, 0.2) is 22.5 Å². The quantitative estimate of drug-likeness (QED) is 0.360. The van der Waals surface area contributed by atoms with Crippen LogP contribution in [0.4, 0.5) is 23.5 Å². The average molecular weight is 554 g/mol. The van der Waals surface area contributed by atoms with Crippen LogP contribution in [-0.4, -0.2) is 88.9 Å². The van der Waals surface area contributed by atoms with E-state index in [-0.39, 0.29) is 5.91 Å². The van der Waals surface area contributed by atoms with E-state index < -0.39 is 0 Å². The Hall–Kier alpha value is -2.86. The Morgan fingerprint density at radius 1 is 0.763 bits per heavy atom. The summed E-state index contributed by atoms with van der Waals surface area (Å²) in [6.45, 7) is 6.80. The van der Waals surface area contributed by atoms with Crippen molar-refractivity contribution < 1.29 is 4.79 Å². The van der Waals surface area contributed by atoms with E-state index >= 15 is 0 Å². The summed E-state index contributed by atoms with van der Waals surface area (Å²) >= 11 is 3.09. The predicted molar refractivity (Wildman–Crippen MR) is 156 cm³/mol. The van der Waals surface area contributed by atoms with E-state index in [4.69, 9.17) is 20.7 Å². The molecule has 1 aromatic carbocycles. The molecule has 0 atom stereocenters. The molecule has 3 aliphatic heterocycles. The SMILES string of the molecule is Nc1ccc2nc(SCC(=O)N3CCN(c4nc(N5CCCCC5)nc(N5CCCCC5)n4)CC3)sc2c1. The van der Waals surface area contributed by atoms with Crippen molar-refractivity contribution in [1.29, 1.82) is 0 Å². The van der Waals surface area contributed by atoms with Crippen molar-refractivity contribution in [2.45, 2.75) is 42.9 Å². The van der Waals surface area contributed by atoms with Crippen LogP contribution in [-0.2, 0) is 4.79 Å². The van der Waals surface area contributed by atoms with Gasteiger partial charge >= 0.3 is 0 Å². The number of nitrogens with zero attached hydrogens (tertiary/aromatic N) is 8. The maximum atomic E-state index is 13.0. The van der Waals surface area contributed by atoms with Gasteiger partial charge in [0, 0.05) is 58.0 Å². The minimum absolute atomic E-state index is 0.145. The smallest absolute Gasteiger partial charge is 0.233 e. The zero-order valence-corrected chi connectivity index (χ0v) is 23.4. The summed E-state index contributed by atoms with van der Waals surface area (Å²) in [5.41, 5.74) is 7.55. The van der Waals surface area contributed by atoms with E-state index in [1.54, 1.807) is 11.3 Å². The Morgan fingerprint density at radius 2 is 1.32 bits per heavy atom. The van der Waals surface area contributed by atoms with Gasteiger partial charge in [-0.05, 0) is 56.7 Å². The molecule has 0 saturated carbocycles. The third-order valence-electron chi connectivity index (χ3n) is 7.51. The maximum absolute atomic E-state index is 13.0. The largest absolute Gasteiger partial charge is 0.399 e. The zero-order valence-electron chi connectivity index (χ0n) is 21.7. The average Bonchev–Trinajstić information content (AvgIpc) is 3.39. The number of thiazole rings is 1. The third kappa shape index (κ3) is 5.75. The second kappa shape index (κ2) is 11.5. The van der Waals surface area contributed by atoms with Crippen molar-refractivity contribution in [2.24, 2.45) is 0 Å². The highest BCUT2D eigenvalue weighted by atomic mass is 32.2. The number of carbonyl (C=O) groups excluding carboxylic acids is 1. The number of hydrogen-bond acceptors (Lipinski definition) is 11. The fraction of sp³-hybridized carbons (Fsp3) is 0.577. The van der Waals surface area contributed by atoms with Crippen LogP contribution in [0.2, 0.25) is 0 Å². The van der Waals surface area contributed by atoms with Crippen LogP contribution in [0.1, 0.15) is 38.5 Å². The highest BCUT2D eigenvalue weighted by Crippen LogP contribution is 2.31. The van der Waals surface area contributed by atoms with E-state index in [1.807, 2.05) is 23.1 Å². The molecule has 6 rings (SSSR count). The van der Waals surface area contributed by atoms with E-state index in [0.29, 0.717) is 18.8 Å². The number of fused-ring (bicyclic) bond motifs is 1. The predicted octanol–water partition coefficient (Wildman–Crippen LogP) is 3.49. The van der Waals surface area contributed by atoms with Gasteiger partial charge in [0.15, 0.2) is 4.34 Å². The van der Waals surface area contributed by atoms with Crippen LogP contribution in [0.3, 0.4) is 0 Å². The summed E-state index contributed by atoms with van der Waals surface area (Å²) in [4.78, 5) is 41.2. The molecule has 0 aliphatic carbocycles. The molecule has 3 fully saturated rings. The number of anilines is 4. The van der Waals surface area contributed by atoms with E-state index in [9.17, 15) is 4.79 Å². The second-order valence-electron chi connectivity index (χ2n) is 10.2. The number of nitrogen functional groups attached to an aromatic ring is 1. The number of hydrogen-bond donors (Lipinski definition) is 1. The molecule has 0 bridgehead atoms. The van der Waals surface area contributed by atoms with Gasteiger partial charge < -0.3 is 25.3 Å². The van der Waals surface area contributed by atoms with E-state index in [2.05, 4.69) is 19.7 Å². The molecule has 1 amide bonds. The summed E-state index contributed by atoms with van der Waals surface area (Å²) in [5, 5.41) is 0. The standard InChI is InChI=1S/C26H35N9OS2/c27-19-7-8-20-21(17-19)38-26(28-20)37-18-22(36)32-13-15-35(16-14-32)25-30-23(33-9-3-1-4-10-33)29-24(31-25)34-11-5-2-6-12-34/h7-8,17H,1-6,9-16,18,27H2. The number of nitrogens with two attached hydrogens (primary N) is 1. The zero-order chi connectivity index (χ0) is 25.9. The summed E-state index contributed by atoms with van der Waals surface area (Å²) in [5.74, 6) is 2.90. The van der Waals surface area contributed by atoms with Gasteiger partial charge in [0.1, 0.15) is 0 Å². The van der Waals surface area contributed by atoms with Gasteiger partial charge in [-0.25, -0.2) is 4.98 Å². The molecular weight excluding hydrogens is 518 g/mol. The molecule has 3 aliphatic rings. The number of aromatic nitrogens is 4. The Balaban J connectivity index is 1.10. The highest BCUT2D eigenvalue weighted by molar-refractivity contribution is 8.01. The number of piperazine rings is 1. The Kier molecular flexibility index (Phi) is 7.68. The molecule has 3 aromatic rings. The Bertz CT molecular complexity index is 1230. The summed E-state index contributed by atoms with van der Waals surface area (Å²) in [6, 6.07) is 5.73. The first-order chi connectivity index (χ1) is 18.6. The Morgan fingerprint density at radius 3 is 1.89 bits per heavy atom. The number of amides is 1.